The third-order valence-corrected chi connectivity index (χ3v) is 2.14. The predicted molar refractivity (Wildman–Crippen MR) is 62.5 cm³/mol. The van der Waals surface area contributed by atoms with Crippen LogP contribution in [0.1, 0.15) is 6.92 Å². The number of ether oxygens (including phenoxy) is 1. The van der Waals surface area contributed by atoms with Gasteiger partial charge in [-0.3, -0.25) is 4.79 Å². The largest absolute Gasteiger partial charge is 0.467 e. The second-order valence-electron chi connectivity index (χ2n) is 3.23. The molecule has 0 heterocycles. The van der Waals surface area contributed by atoms with Gasteiger partial charge in [0.2, 0.25) is 6.04 Å². The van der Waals surface area contributed by atoms with E-state index in [4.69, 9.17) is 11.6 Å². The van der Waals surface area contributed by atoms with E-state index in [1.807, 2.05) is 0 Å². The quantitative estimate of drug-likeness (QED) is 0.471. The molecule has 5 nitrogen and oxygen atoms in total. The van der Waals surface area contributed by atoms with Crippen LogP contribution in [0.5, 0.6) is 0 Å². The zero-order valence-corrected chi connectivity index (χ0v) is 10.1. The maximum atomic E-state index is 11.2. The molecule has 0 amide bonds. The molecule has 17 heavy (non-hydrogen) atoms. The van der Waals surface area contributed by atoms with Gasteiger partial charge in [0.1, 0.15) is 0 Å². The first kappa shape index (κ1) is 13.3. The Balaban J connectivity index is 2.87. The summed E-state index contributed by atoms with van der Waals surface area (Å²) >= 11 is 5.75. The Hall–Kier alpha value is -1.75. The van der Waals surface area contributed by atoms with Gasteiger partial charge in [-0.1, -0.05) is 17.7 Å². The number of halogens is 1. The molecule has 90 valence electrons. The number of carbonyl (C=O) groups is 2. The Morgan fingerprint density at radius 2 is 2.12 bits per heavy atom. The maximum absolute atomic E-state index is 11.2. The van der Waals surface area contributed by atoms with Gasteiger partial charge in [-0.2, -0.15) is 10.2 Å². The molecule has 0 radical (unpaired) electrons. The molecule has 0 aliphatic rings. The fraction of sp³-hybridized carbons (Fsp3) is 0.273. The SMILES string of the molecule is COC(=O)C(N=Nc1cccc(Cl)c1)C(C)=O. The van der Waals surface area contributed by atoms with Crippen LogP contribution in [-0.2, 0) is 14.3 Å². The van der Waals surface area contributed by atoms with Gasteiger partial charge < -0.3 is 4.74 Å². The Morgan fingerprint density at radius 1 is 1.41 bits per heavy atom. The summed E-state index contributed by atoms with van der Waals surface area (Å²) in [5, 5.41) is 7.92. The Labute approximate surface area is 103 Å². The van der Waals surface area contributed by atoms with Gasteiger partial charge in [0.15, 0.2) is 5.78 Å². The van der Waals surface area contributed by atoms with Gasteiger partial charge in [0.05, 0.1) is 12.8 Å². The number of ketones is 1. The Morgan fingerprint density at radius 3 is 2.65 bits per heavy atom. The lowest BCUT2D eigenvalue weighted by atomic mass is 10.2. The van der Waals surface area contributed by atoms with Crippen LogP contribution < -0.4 is 0 Å². The molecule has 0 aliphatic carbocycles. The van der Waals surface area contributed by atoms with Crippen LogP contribution in [0.2, 0.25) is 5.02 Å². The van der Waals surface area contributed by atoms with Crippen molar-refractivity contribution in [3.63, 3.8) is 0 Å². The van der Waals surface area contributed by atoms with E-state index in [-0.39, 0.29) is 0 Å². The van der Waals surface area contributed by atoms with E-state index in [1.165, 1.54) is 14.0 Å². The summed E-state index contributed by atoms with van der Waals surface area (Å²) in [5.74, 6) is -1.16. The molecule has 0 N–H and O–H groups in total. The fourth-order valence-electron chi connectivity index (χ4n) is 1.07. The number of rotatable bonds is 4. The standard InChI is InChI=1S/C11H11ClN2O3/c1-7(15)10(11(16)17-2)14-13-9-5-3-4-8(12)6-9/h3-6,10H,1-2H3. The van der Waals surface area contributed by atoms with Crippen LogP contribution in [-0.4, -0.2) is 24.9 Å². The second-order valence-corrected chi connectivity index (χ2v) is 3.67. The van der Waals surface area contributed by atoms with Crippen molar-refractivity contribution < 1.29 is 14.3 Å². The molecular formula is C11H11ClN2O3. The molecule has 0 spiro atoms. The summed E-state index contributed by atoms with van der Waals surface area (Å²) in [4.78, 5) is 22.4. The number of nitrogens with zero attached hydrogens (tertiary/aromatic N) is 2. The summed E-state index contributed by atoms with van der Waals surface area (Å²) < 4.78 is 4.45. The molecule has 0 aromatic heterocycles. The maximum Gasteiger partial charge on any atom is 0.340 e. The molecule has 6 heteroatoms. The lowest BCUT2D eigenvalue weighted by Crippen LogP contribution is -2.26. The highest BCUT2D eigenvalue weighted by atomic mass is 35.5. The number of hydrogen-bond donors (Lipinski definition) is 0. The van der Waals surface area contributed by atoms with Crippen molar-refractivity contribution in [2.75, 3.05) is 7.11 Å². The number of azo groups is 1. The van der Waals surface area contributed by atoms with Crippen LogP contribution >= 0.6 is 11.6 Å². The third kappa shape index (κ3) is 3.96. The third-order valence-electron chi connectivity index (χ3n) is 1.91. The first-order valence-corrected chi connectivity index (χ1v) is 5.17. The lowest BCUT2D eigenvalue weighted by Gasteiger charge is -2.04. The minimum atomic E-state index is -1.22. The highest BCUT2D eigenvalue weighted by Gasteiger charge is 2.23. The molecule has 1 aromatic carbocycles. The molecule has 0 bridgehead atoms. The summed E-state index contributed by atoms with van der Waals surface area (Å²) in [5.41, 5.74) is 0.465. The number of methoxy groups -OCH3 is 1. The topological polar surface area (TPSA) is 68.1 Å². The van der Waals surface area contributed by atoms with Gasteiger partial charge in [0.25, 0.3) is 0 Å². The summed E-state index contributed by atoms with van der Waals surface area (Å²) in [6, 6.07) is 5.38. The predicted octanol–water partition coefficient (Wildman–Crippen LogP) is 2.55. The highest BCUT2D eigenvalue weighted by Crippen LogP contribution is 2.18. The Kier molecular flexibility index (Phi) is 4.78. The molecule has 0 fully saturated rings. The minimum absolute atomic E-state index is 0.428. The van der Waals surface area contributed by atoms with Gasteiger partial charge in [-0.25, -0.2) is 4.79 Å². The van der Waals surface area contributed by atoms with E-state index < -0.39 is 17.8 Å². The lowest BCUT2D eigenvalue weighted by molar-refractivity contribution is -0.144. The molecule has 1 rings (SSSR count). The van der Waals surface area contributed by atoms with Crippen molar-refractivity contribution in [2.24, 2.45) is 10.2 Å². The van der Waals surface area contributed by atoms with Gasteiger partial charge >= 0.3 is 5.97 Å². The fourth-order valence-corrected chi connectivity index (χ4v) is 1.25. The van der Waals surface area contributed by atoms with Crippen LogP contribution in [0.4, 0.5) is 5.69 Å². The van der Waals surface area contributed by atoms with E-state index in [0.717, 1.165) is 0 Å². The zero-order valence-electron chi connectivity index (χ0n) is 9.38. The van der Waals surface area contributed by atoms with Crippen LogP contribution in [0, 0.1) is 0 Å². The molecule has 0 aliphatic heterocycles. The average Bonchev–Trinajstić information content (AvgIpc) is 2.28. The zero-order chi connectivity index (χ0) is 12.8. The van der Waals surface area contributed by atoms with Crippen LogP contribution in [0.25, 0.3) is 0 Å². The summed E-state index contributed by atoms with van der Waals surface area (Å²) in [6.45, 7) is 1.25. The first-order chi connectivity index (χ1) is 8.04. The van der Waals surface area contributed by atoms with Gasteiger partial charge in [-0.05, 0) is 25.1 Å². The van der Waals surface area contributed by atoms with Crippen molar-refractivity contribution in [3.8, 4) is 0 Å². The molecule has 1 atom stereocenters. The molecule has 1 aromatic rings. The van der Waals surface area contributed by atoms with Crippen molar-refractivity contribution in [3.05, 3.63) is 29.3 Å². The highest BCUT2D eigenvalue weighted by molar-refractivity contribution is 6.30. The second kappa shape index (κ2) is 6.10. The van der Waals surface area contributed by atoms with E-state index in [2.05, 4.69) is 15.0 Å². The van der Waals surface area contributed by atoms with Crippen molar-refractivity contribution in [1.29, 1.82) is 0 Å². The molecular weight excluding hydrogens is 244 g/mol. The minimum Gasteiger partial charge on any atom is -0.467 e. The average molecular weight is 255 g/mol. The molecule has 1 unspecified atom stereocenters. The first-order valence-electron chi connectivity index (χ1n) is 4.79. The number of esters is 1. The van der Waals surface area contributed by atoms with E-state index in [0.29, 0.717) is 10.7 Å². The van der Waals surface area contributed by atoms with Crippen LogP contribution in [0.15, 0.2) is 34.5 Å². The normalized spacial score (nSPS) is 12.4. The molecule has 0 saturated heterocycles. The van der Waals surface area contributed by atoms with Crippen molar-refractivity contribution in [2.45, 2.75) is 13.0 Å². The van der Waals surface area contributed by atoms with E-state index in [1.54, 1.807) is 24.3 Å². The number of carbonyl (C=O) groups excluding carboxylic acids is 2. The Bertz CT molecular complexity index is 460. The van der Waals surface area contributed by atoms with Gasteiger partial charge in [-0.15, -0.1) is 0 Å². The number of Topliss-reactive ketones (excluding diaryl/α,β-unsaturated/α-hetero) is 1. The summed E-state index contributed by atoms with van der Waals surface area (Å²) in [6.07, 6.45) is 0. The van der Waals surface area contributed by atoms with E-state index >= 15 is 0 Å². The van der Waals surface area contributed by atoms with Crippen LogP contribution in [0.3, 0.4) is 0 Å². The summed E-state index contributed by atoms with van der Waals surface area (Å²) in [7, 11) is 1.19. The monoisotopic (exact) mass is 254 g/mol. The smallest absolute Gasteiger partial charge is 0.340 e. The van der Waals surface area contributed by atoms with E-state index in [9.17, 15) is 9.59 Å². The number of benzene rings is 1. The van der Waals surface area contributed by atoms with Gasteiger partial charge in [0, 0.05) is 5.02 Å². The molecule has 0 saturated carbocycles. The number of hydrogen-bond acceptors (Lipinski definition) is 5. The van der Waals surface area contributed by atoms with Crippen molar-refractivity contribution in [1.82, 2.24) is 0 Å². The van der Waals surface area contributed by atoms with Crippen molar-refractivity contribution >= 4 is 29.0 Å².